The van der Waals surface area contributed by atoms with Gasteiger partial charge in [-0.2, -0.15) is 0 Å². The Kier molecular flexibility index (Phi) is 5.53. The van der Waals surface area contributed by atoms with Gasteiger partial charge in [0.1, 0.15) is 5.75 Å². The van der Waals surface area contributed by atoms with Gasteiger partial charge in [-0.3, -0.25) is 4.79 Å². The Hall–Kier alpha value is -1.51. The van der Waals surface area contributed by atoms with Crippen molar-refractivity contribution in [1.82, 2.24) is 5.32 Å². The smallest absolute Gasteiger partial charge is 0.220 e. The van der Waals surface area contributed by atoms with Crippen molar-refractivity contribution in [2.45, 2.75) is 39.7 Å². The van der Waals surface area contributed by atoms with Crippen LogP contribution in [0.2, 0.25) is 0 Å². The Labute approximate surface area is 103 Å². The Bertz CT molecular complexity index is 374. The van der Waals surface area contributed by atoms with Gasteiger partial charge in [0.15, 0.2) is 0 Å². The molecule has 0 fully saturated rings. The molecule has 1 aromatic rings. The van der Waals surface area contributed by atoms with E-state index < -0.39 is 0 Å². The van der Waals surface area contributed by atoms with Gasteiger partial charge in [-0.05, 0) is 30.0 Å². The molecule has 3 nitrogen and oxygen atoms in total. The molecule has 3 heteroatoms. The molecule has 94 valence electrons. The molecule has 1 amide bonds. The van der Waals surface area contributed by atoms with Gasteiger partial charge < -0.3 is 10.1 Å². The maximum absolute atomic E-state index is 11.4. The van der Waals surface area contributed by atoms with Gasteiger partial charge in [0.05, 0.1) is 7.11 Å². The minimum Gasteiger partial charge on any atom is -0.496 e. The predicted molar refractivity (Wildman–Crippen MR) is 69.1 cm³/mol. The molecule has 0 radical (unpaired) electrons. The van der Waals surface area contributed by atoms with Crippen molar-refractivity contribution >= 4 is 5.91 Å². The largest absolute Gasteiger partial charge is 0.496 e. The van der Waals surface area contributed by atoms with Crippen LogP contribution >= 0.6 is 0 Å². The second-order valence-electron chi connectivity index (χ2n) is 4.03. The zero-order valence-electron chi connectivity index (χ0n) is 10.9. The highest BCUT2D eigenvalue weighted by Crippen LogP contribution is 2.20. The maximum atomic E-state index is 11.4. The Balaban J connectivity index is 2.63. The number of amides is 1. The fraction of sp³-hybridized carbons (Fsp3) is 0.500. The van der Waals surface area contributed by atoms with Crippen molar-refractivity contribution in [3.05, 3.63) is 29.3 Å². The highest BCUT2D eigenvalue weighted by Gasteiger charge is 2.04. The fourth-order valence-corrected chi connectivity index (χ4v) is 1.73. The summed E-state index contributed by atoms with van der Waals surface area (Å²) < 4.78 is 5.27. The molecule has 0 spiro atoms. The Morgan fingerprint density at radius 3 is 2.71 bits per heavy atom. The van der Waals surface area contributed by atoms with E-state index >= 15 is 0 Å². The van der Waals surface area contributed by atoms with Crippen LogP contribution < -0.4 is 10.1 Å². The van der Waals surface area contributed by atoms with Crippen LogP contribution in [0.5, 0.6) is 5.75 Å². The SMILES string of the molecule is CCCC(=O)NCc1ccc(OC)c(CC)c1. The van der Waals surface area contributed by atoms with Crippen molar-refractivity contribution in [2.24, 2.45) is 0 Å². The molecule has 0 bridgehead atoms. The van der Waals surface area contributed by atoms with Crippen LogP contribution in [0, 0.1) is 0 Å². The topological polar surface area (TPSA) is 38.3 Å². The lowest BCUT2D eigenvalue weighted by atomic mass is 10.1. The van der Waals surface area contributed by atoms with Gasteiger partial charge in [0, 0.05) is 13.0 Å². The molecule has 0 heterocycles. The molecule has 1 N–H and O–H groups in total. The number of carbonyl (C=O) groups excluding carboxylic acids is 1. The summed E-state index contributed by atoms with van der Waals surface area (Å²) in [6.07, 6.45) is 2.41. The quantitative estimate of drug-likeness (QED) is 0.823. The lowest BCUT2D eigenvalue weighted by molar-refractivity contribution is -0.121. The summed E-state index contributed by atoms with van der Waals surface area (Å²) in [5, 5.41) is 2.91. The highest BCUT2D eigenvalue weighted by atomic mass is 16.5. The van der Waals surface area contributed by atoms with E-state index in [1.807, 2.05) is 19.1 Å². The number of aryl methyl sites for hydroxylation is 1. The first-order valence-electron chi connectivity index (χ1n) is 6.13. The van der Waals surface area contributed by atoms with Crippen LogP contribution in [0.4, 0.5) is 0 Å². The van der Waals surface area contributed by atoms with Crippen LogP contribution in [-0.2, 0) is 17.8 Å². The van der Waals surface area contributed by atoms with Crippen molar-refractivity contribution in [2.75, 3.05) is 7.11 Å². The minimum absolute atomic E-state index is 0.112. The molecule has 0 aliphatic carbocycles. The van der Waals surface area contributed by atoms with Crippen LogP contribution in [0.3, 0.4) is 0 Å². The first-order valence-corrected chi connectivity index (χ1v) is 6.13. The van der Waals surface area contributed by atoms with Crippen LogP contribution in [0.25, 0.3) is 0 Å². The third-order valence-corrected chi connectivity index (χ3v) is 2.69. The summed E-state index contributed by atoms with van der Waals surface area (Å²) in [6, 6.07) is 6.04. The van der Waals surface area contributed by atoms with Gasteiger partial charge >= 0.3 is 0 Å². The monoisotopic (exact) mass is 235 g/mol. The standard InChI is InChI=1S/C14H21NO2/c1-4-6-14(16)15-10-11-7-8-13(17-3)12(5-2)9-11/h7-9H,4-6,10H2,1-3H3,(H,15,16). The lowest BCUT2D eigenvalue weighted by Gasteiger charge is -2.10. The fourth-order valence-electron chi connectivity index (χ4n) is 1.73. The summed E-state index contributed by atoms with van der Waals surface area (Å²) in [4.78, 5) is 11.4. The number of rotatable bonds is 6. The van der Waals surface area contributed by atoms with E-state index in [1.54, 1.807) is 7.11 Å². The van der Waals surface area contributed by atoms with E-state index in [0.29, 0.717) is 13.0 Å². The maximum Gasteiger partial charge on any atom is 0.220 e. The number of methoxy groups -OCH3 is 1. The molecule has 0 atom stereocenters. The number of hydrogen-bond donors (Lipinski definition) is 1. The van der Waals surface area contributed by atoms with E-state index in [2.05, 4.69) is 18.3 Å². The summed E-state index contributed by atoms with van der Waals surface area (Å²) in [7, 11) is 1.68. The first kappa shape index (κ1) is 13.6. The van der Waals surface area contributed by atoms with Gasteiger partial charge in [0.25, 0.3) is 0 Å². The molecule has 0 unspecified atom stereocenters. The summed E-state index contributed by atoms with van der Waals surface area (Å²) in [5.41, 5.74) is 2.29. The van der Waals surface area contributed by atoms with E-state index in [0.717, 1.165) is 24.2 Å². The average molecular weight is 235 g/mol. The number of carbonyl (C=O) groups is 1. The molecular formula is C14H21NO2. The molecule has 0 saturated carbocycles. The summed E-state index contributed by atoms with van der Waals surface area (Å²) in [6.45, 7) is 4.69. The van der Waals surface area contributed by atoms with Gasteiger partial charge in [0.2, 0.25) is 5.91 Å². The first-order chi connectivity index (χ1) is 8.21. The van der Waals surface area contributed by atoms with E-state index in [4.69, 9.17) is 4.74 Å². The number of benzene rings is 1. The number of nitrogens with one attached hydrogen (secondary N) is 1. The third-order valence-electron chi connectivity index (χ3n) is 2.69. The molecule has 1 rings (SSSR count). The molecular weight excluding hydrogens is 214 g/mol. The Morgan fingerprint density at radius 2 is 2.12 bits per heavy atom. The third kappa shape index (κ3) is 4.10. The van der Waals surface area contributed by atoms with Crippen molar-refractivity contribution in [1.29, 1.82) is 0 Å². The highest BCUT2D eigenvalue weighted by molar-refractivity contribution is 5.75. The van der Waals surface area contributed by atoms with Gasteiger partial charge in [-0.1, -0.05) is 26.0 Å². The summed E-state index contributed by atoms with van der Waals surface area (Å²) >= 11 is 0. The number of hydrogen-bond acceptors (Lipinski definition) is 2. The molecule has 0 saturated heterocycles. The molecule has 0 aromatic heterocycles. The van der Waals surface area contributed by atoms with Crippen molar-refractivity contribution in [3.63, 3.8) is 0 Å². The van der Waals surface area contributed by atoms with Gasteiger partial charge in [-0.15, -0.1) is 0 Å². The average Bonchev–Trinajstić information content (AvgIpc) is 2.36. The van der Waals surface area contributed by atoms with E-state index in [1.165, 1.54) is 5.56 Å². The van der Waals surface area contributed by atoms with Crippen molar-refractivity contribution < 1.29 is 9.53 Å². The second-order valence-corrected chi connectivity index (χ2v) is 4.03. The van der Waals surface area contributed by atoms with E-state index in [-0.39, 0.29) is 5.91 Å². The molecule has 17 heavy (non-hydrogen) atoms. The molecule has 0 aliphatic heterocycles. The van der Waals surface area contributed by atoms with Crippen LogP contribution in [0.1, 0.15) is 37.8 Å². The van der Waals surface area contributed by atoms with Crippen molar-refractivity contribution in [3.8, 4) is 5.75 Å². The molecule has 1 aromatic carbocycles. The second kappa shape index (κ2) is 6.94. The zero-order valence-corrected chi connectivity index (χ0v) is 10.9. The van der Waals surface area contributed by atoms with E-state index in [9.17, 15) is 4.79 Å². The molecule has 0 aliphatic rings. The normalized spacial score (nSPS) is 10.1. The summed E-state index contributed by atoms with van der Waals surface area (Å²) in [5.74, 6) is 1.03. The van der Waals surface area contributed by atoms with Crippen LogP contribution in [-0.4, -0.2) is 13.0 Å². The van der Waals surface area contributed by atoms with Crippen LogP contribution in [0.15, 0.2) is 18.2 Å². The zero-order chi connectivity index (χ0) is 12.7. The number of ether oxygens (including phenoxy) is 1. The van der Waals surface area contributed by atoms with Gasteiger partial charge in [-0.25, -0.2) is 0 Å². The Morgan fingerprint density at radius 1 is 1.35 bits per heavy atom. The predicted octanol–water partition coefficient (Wildman–Crippen LogP) is 2.67. The lowest BCUT2D eigenvalue weighted by Crippen LogP contribution is -2.22. The minimum atomic E-state index is 0.112.